The lowest BCUT2D eigenvalue weighted by Crippen LogP contribution is -2.14. The molecule has 0 radical (unpaired) electrons. The number of aryl methyl sites for hydroxylation is 1. The predicted molar refractivity (Wildman–Crippen MR) is 105 cm³/mol. The van der Waals surface area contributed by atoms with Crippen LogP contribution in [0, 0.1) is 25.5 Å². The van der Waals surface area contributed by atoms with Crippen molar-refractivity contribution in [1.82, 2.24) is 9.97 Å². The van der Waals surface area contributed by atoms with Gasteiger partial charge in [0.25, 0.3) is 5.91 Å². The van der Waals surface area contributed by atoms with E-state index in [1.54, 1.807) is 20.8 Å². The summed E-state index contributed by atoms with van der Waals surface area (Å²) in [6, 6.07) is 3.40. The number of H-pyrrole nitrogens is 1. The highest BCUT2D eigenvalue weighted by Crippen LogP contribution is 2.25. The molecule has 0 saturated heterocycles. The summed E-state index contributed by atoms with van der Waals surface area (Å²) in [4.78, 5) is 32.4. The number of rotatable bonds is 6. The fourth-order valence-electron chi connectivity index (χ4n) is 2.95. The molecule has 152 valence electrons. The fraction of sp³-hybridized carbons (Fsp3) is 0.250. The Morgan fingerprint density at radius 3 is 2.72 bits per heavy atom. The van der Waals surface area contributed by atoms with Crippen molar-refractivity contribution in [3.05, 3.63) is 69.0 Å². The molecular weight excluding hydrogens is 400 g/mol. The number of benzene rings is 1. The number of aromatic amines is 1. The highest BCUT2D eigenvalue weighted by Gasteiger charge is 2.23. The molecule has 0 aliphatic carbocycles. The van der Waals surface area contributed by atoms with Crippen molar-refractivity contribution in [2.45, 2.75) is 27.2 Å². The van der Waals surface area contributed by atoms with Gasteiger partial charge in [0.2, 0.25) is 0 Å². The second-order valence-electron chi connectivity index (χ2n) is 6.34. The van der Waals surface area contributed by atoms with Crippen molar-refractivity contribution < 1.29 is 23.1 Å². The molecule has 3 aromatic rings. The van der Waals surface area contributed by atoms with E-state index in [1.807, 2.05) is 0 Å². The third kappa shape index (κ3) is 4.51. The van der Waals surface area contributed by atoms with E-state index in [9.17, 15) is 18.4 Å². The Bertz CT molecular complexity index is 1080. The van der Waals surface area contributed by atoms with Crippen molar-refractivity contribution in [3.63, 3.8) is 0 Å². The zero-order chi connectivity index (χ0) is 21.1. The second-order valence-corrected chi connectivity index (χ2v) is 7.46. The van der Waals surface area contributed by atoms with Gasteiger partial charge in [-0.15, -0.1) is 11.3 Å². The Hall–Kier alpha value is -3.07. The third-order valence-electron chi connectivity index (χ3n) is 4.30. The molecule has 6 nitrogen and oxygen atoms in total. The minimum Gasteiger partial charge on any atom is -0.462 e. The lowest BCUT2D eigenvalue weighted by molar-refractivity contribution is 0.0525. The number of thiazole rings is 1. The van der Waals surface area contributed by atoms with Gasteiger partial charge in [-0.1, -0.05) is 6.07 Å². The van der Waals surface area contributed by atoms with E-state index >= 15 is 0 Å². The summed E-state index contributed by atoms with van der Waals surface area (Å²) in [5, 5.41) is 3.00. The van der Waals surface area contributed by atoms with E-state index in [2.05, 4.69) is 15.3 Å². The molecule has 0 bridgehead atoms. The number of halogens is 2. The number of aromatic nitrogens is 2. The number of anilines is 1. The van der Waals surface area contributed by atoms with Crippen LogP contribution in [0.2, 0.25) is 0 Å². The summed E-state index contributed by atoms with van der Waals surface area (Å²) < 4.78 is 31.9. The molecule has 1 aromatic carbocycles. The first-order valence-electron chi connectivity index (χ1n) is 8.86. The molecule has 0 fully saturated rings. The molecule has 0 aliphatic heterocycles. The summed E-state index contributed by atoms with van der Waals surface area (Å²) in [5.74, 6) is -2.21. The zero-order valence-corrected chi connectivity index (χ0v) is 16.9. The Kier molecular flexibility index (Phi) is 6.07. The van der Waals surface area contributed by atoms with E-state index in [1.165, 1.54) is 29.7 Å². The number of carbonyl (C=O) groups excluding carboxylic acids is 2. The number of esters is 1. The highest BCUT2D eigenvalue weighted by atomic mass is 32.1. The van der Waals surface area contributed by atoms with Gasteiger partial charge in [-0.2, -0.15) is 0 Å². The maximum atomic E-state index is 13.8. The van der Waals surface area contributed by atoms with E-state index in [0.717, 1.165) is 6.07 Å². The molecule has 0 spiro atoms. The number of hydrogen-bond acceptors (Lipinski definition) is 5. The molecule has 0 atom stereocenters. The van der Waals surface area contributed by atoms with Crippen LogP contribution in [-0.4, -0.2) is 28.5 Å². The topological polar surface area (TPSA) is 84.1 Å². The van der Waals surface area contributed by atoms with Crippen molar-refractivity contribution in [2.75, 3.05) is 11.9 Å². The van der Waals surface area contributed by atoms with Crippen LogP contribution in [0.3, 0.4) is 0 Å². The van der Waals surface area contributed by atoms with Gasteiger partial charge in [-0.25, -0.2) is 18.6 Å². The summed E-state index contributed by atoms with van der Waals surface area (Å²) >= 11 is 1.19. The minimum atomic E-state index is -0.637. The monoisotopic (exact) mass is 419 g/mol. The summed E-state index contributed by atoms with van der Waals surface area (Å²) in [6.45, 7) is 5.30. The molecule has 0 unspecified atom stereocenters. The Morgan fingerprint density at radius 2 is 2.03 bits per heavy atom. The fourth-order valence-corrected chi connectivity index (χ4v) is 3.78. The predicted octanol–water partition coefficient (Wildman–Crippen LogP) is 4.39. The maximum Gasteiger partial charge on any atom is 0.340 e. The van der Waals surface area contributed by atoms with Crippen LogP contribution >= 0.6 is 11.3 Å². The minimum absolute atomic E-state index is 0.229. The summed E-state index contributed by atoms with van der Waals surface area (Å²) in [6.07, 6.45) is 1.76. The zero-order valence-electron chi connectivity index (χ0n) is 16.1. The third-order valence-corrected chi connectivity index (χ3v) is 5.21. The molecule has 2 aromatic heterocycles. The summed E-state index contributed by atoms with van der Waals surface area (Å²) in [5.41, 5.74) is 1.94. The number of amides is 1. The Balaban J connectivity index is 1.74. The quantitative estimate of drug-likeness (QED) is 0.581. The molecule has 2 heterocycles. The molecule has 3 rings (SSSR count). The van der Waals surface area contributed by atoms with Crippen molar-refractivity contribution in [3.8, 4) is 0 Å². The van der Waals surface area contributed by atoms with Crippen LogP contribution in [0.4, 0.5) is 13.9 Å². The van der Waals surface area contributed by atoms with Crippen molar-refractivity contribution >= 4 is 28.3 Å². The summed E-state index contributed by atoms with van der Waals surface area (Å²) in [7, 11) is 0. The Morgan fingerprint density at radius 1 is 1.28 bits per heavy atom. The van der Waals surface area contributed by atoms with Gasteiger partial charge in [0.1, 0.15) is 17.3 Å². The van der Waals surface area contributed by atoms with Crippen LogP contribution < -0.4 is 5.32 Å². The van der Waals surface area contributed by atoms with Crippen LogP contribution in [0.25, 0.3) is 0 Å². The SMILES string of the molecule is CCOC(=O)c1c(C)[nH]c(C(=O)Nc2ncc(Cc3ccc(F)cc3F)s2)c1C. The van der Waals surface area contributed by atoms with Crippen molar-refractivity contribution in [1.29, 1.82) is 0 Å². The largest absolute Gasteiger partial charge is 0.462 e. The van der Waals surface area contributed by atoms with Gasteiger partial charge >= 0.3 is 5.97 Å². The van der Waals surface area contributed by atoms with E-state index in [-0.39, 0.29) is 18.7 Å². The van der Waals surface area contributed by atoms with Crippen LogP contribution in [0.1, 0.15) is 49.5 Å². The standard InChI is InChI=1S/C20H19F2N3O3S/c1-4-28-19(27)16-10(2)17(24-11(16)3)18(26)25-20-23-9-14(29-20)7-12-5-6-13(21)8-15(12)22/h5-6,8-9,24H,4,7H2,1-3H3,(H,23,25,26). The molecule has 0 saturated carbocycles. The van der Waals surface area contributed by atoms with E-state index < -0.39 is 23.5 Å². The first-order chi connectivity index (χ1) is 13.8. The number of ether oxygens (including phenoxy) is 1. The molecule has 9 heteroatoms. The van der Waals surface area contributed by atoms with Gasteiger partial charge in [0.15, 0.2) is 5.13 Å². The number of carbonyl (C=O) groups is 2. The highest BCUT2D eigenvalue weighted by molar-refractivity contribution is 7.15. The molecule has 29 heavy (non-hydrogen) atoms. The number of nitrogens with zero attached hydrogens (tertiary/aromatic N) is 1. The molecular formula is C20H19F2N3O3S. The number of nitrogens with one attached hydrogen (secondary N) is 2. The lowest BCUT2D eigenvalue weighted by Gasteiger charge is -2.03. The number of hydrogen-bond donors (Lipinski definition) is 2. The average Bonchev–Trinajstić information content (AvgIpc) is 3.21. The first kappa shape index (κ1) is 20.7. The van der Waals surface area contributed by atoms with Gasteiger partial charge in [0.05, 0.1) is 12.2 Å². The van der Waals surface area contributed by atoms with Crippen LogP contribution in [-0.2, 0) is 11.2 Å². The lowest BCUT2D eigenvalue weighted by atomic mass is 10.1. The Labute approximate surface area is 169 Å². The van der Waals surface area contributed by atoms with E-state index in [0.29, 0.717) is 32.4 Å². The van der Waals surface area contributed by atoms with Gasteiger partial charge in [-0.3, -0.25) is 10.1 Å². The molecule has 2 N–H and O–H groups in total. The average molecular weight is 419 g/mol. The van der Waals surface area contributed by atoms with Crippen LogP contribution in [0.15, 0.2) is 24.4 Å². The molecule has 0 aliphatic rings. The van der Waals surface area contributed by atoms with Gasteiger partial charge in [0, 0.05) is 29.3 Å². The van der Waals surface area contributed by atoms with E-state index in [4.69, 9.17) is 4.74 Å². The second kappa shape index (κ2) is 8.52. The van der Waals surface area contributed by atoms with Crippen molar-refractivity contribution in [2.24, 2.45) is 0 Å². The van der Waals surface area contributed by atoms with Gasteiger partial charge in [-0.05, 0) is 38.0 Å². The first-order valence-corrected chi connectivity index (χ1v) is 9.68. The maximum absolute atomic E-state index is 13.8. The molecule has 1 amide bonds. The normalized spacial score (nSPS) is 10.8. The van der Waals surface area contributed by atoms with Gasteiger partial charge < -0.3 is 9.72 Å². The smallest absolute Gasteiger partial charge is 0.340 e. The van der Waals surface area contributed by atoms with Crippen LogP contribution in [0.5, 0.6) is 0 Å².